The summed E-state index contributed by atoms with van der Waals surface area (Å²) in [5.41, 5.74) is 2.29. The summed E-state index contributed by atoms with van der Waals surface area (Å²) in [7, 11) is 0. The predicted octanol–water partition coefficient (Wildman–Crippen LogP) is 3.02. The van der Waals surface area contributed by atoms with Crippen LogP contribution in [0.3, 0.4) is 0 Å². The van der Waals surface area contributed by atoms with Crippen molar-refractivity contribution in [3.05, 3.63) is 23.3 Å². The minimum atomic E-state index is 0.127. The minimum Gasteiger partial charge on any atom is -0.306 e. The number of nitrogens with zero attached hydrogens (tertiary/aromatic N) is 2. The molecule has 1 aromatic rings. The van der Waals surface area contributed by atoms with Gasteiger partial charge in [0, 0.05) is 24.2 Å². The van der Waals surface area contributed by atoms with Crippen LogP contribution in [0, 0.1) is 6.92 Å². The first-order chi connectivity index (χ1) is 7.90. The van der Waals surface area contributed by atoms with Crippen LogP contribution >= 0.6 is 0 Å². The molecular formula is C14H25N3. The third-order valence-electron chi connectivity index (χ3n) is 2.51. The molecule has 0 spiro atoms. The number of unbranched alkanes of at least 4 members (excludes halogenated alkanes) is 1. The Labute approximate surface area is 105 Å². The molecule has 1 rings (SSSR count). The Bertz CT molecular complexity index is 353. The molecule has 0 aromatic carbocycles. The van der Waals surface area contributed by atoms with E-state index in [9.17, 15) is 0 Å². The summed E-state index contributed by atoms with van der Waals surface area (Å²) in [6.07, 6.45) is 3.34. The summed E-state index contributed by atoms with van der Waals surface area (Å²) < 4.78 is 0. The highest BCUT2D eigenvalue weighted by Crippen LogP contribution is 2.06. The van der Waals surface area contributed by atoms with Gasteiger partial charge in [-0.3, -0.25) is 0 Å². The van der Waals surface area contributed by atoms with Crippen molar-refractivity contribution >= 4 is 0 Å². The lowest BCUT2D eigenvalue weighted by atomic mass is 10.1. The van der Waals surface area contributed by atoms with Gasteiger partial charge in [-0.25, -0.2) is 9.97 Å². The molecule has 0 aliphatic rings. The zero-order valence-electron chi connectivity index (χ0n) is 11.8. The van der Waals surface area contributed by atoms with E-state index in [1.807, 2.05) is 6.92 Å². The van der Waals surface area contributed by atoms with Crippen molar-refractivity contribution in [2.24, 2.45) is 0 Å². The maximum atomic E-state index is 4.60. The van der Waals surface area contributed by atoms with Crippen molar-refractivity contribution in [2.75, 3.05) is 0 Å². The van der Waals surface area contributed by atoms with Crippen LogP contribution in [0.25, 0.3) is 0 Å². The second-order valence-corrected chi connectivity index (χ2v) is 5.62. The fourth-order valence-corrected chi connectivity index (χ4v) is 1.59. The van der Waals surface area contributed by atoms with E-state index in [-0.39, 0.29) is 5.54 Å². The maximum absolute atomic E-state index is 4.60. The van der Waals surface area contributed by atoms with Crippen molar-refractivity contribution < 1.29 is 0 Å². The Balaban J connectivity index is 2.68. The smallest absolute Gasteiger partial charge is 0.128 e. The Morgan fingerprint density at radius 2 is 1.94 bits per heavy atom. The van der Waals surface area contributed by atoms with Gasteiger partial charge in [-0.2, -0.15) is 0 Å². The van der Waals surface area contributed by atoms with E-state index >= 15 is 0 Å². The molecule has 1 heterocycles. The standard InChI is InChI=1S/C14H25N3/c1-6-7-8-13-16-11(2)9-12(17-13)10-15-14(3,4)5/h9,15H,6-8,10H2,1-5H3. The van der Waals surface area contributed by atoms with Crippen molar-refractivity contribution in [2.45, 2.75) is 66.0 Å². The molecule has 96 valence electrons. The number of nitrogens with one attached hydrogen (secondary N) is 1. The largest absolute Gasteiger partial charge is 0.306 e. The molecule has 3 heteroatoms. The fraction of sp³-hybridized carbons (Fsp3) is 0.714. The van der Waals surface area contributed by atoms with Crippen LogP contribution in [0.15, 0.2) is 6.07 Å². The first-order valence-electron chi connectivity index (χ1n) is 6.49. The molecular weight excluding hydrogens is 210 g/mol. The van der Waals surface area contributed by atoms with Crippen LogP contribution in [0.1, 0.15) is 57.7 Å². The molecule has 17 heavy (non-hydrogen) atoms. The van der Waals surface area contributed by atoms with Gasteiger partial charge in [0.05, 0.1) is 5.69 Å². The van der Waals surface area contributed by atoms with Crippen LogP contribution in [-0.2, 0) is 13.0 Å². The third-order valence-corrected chi connectivity index (χ3v) is 2.51. The third kappa shape index (κ3) is 5.78. The monoisotopic (exact) mass is 235 g/mol. The van der Waals surface area contributed by atoms with Gasteiger partial charge >= 0.3 is 0 Å². The summed E-state index contributed by atoms with van der Waals surface area (Å²) >= 11 is 0. The second-order valence-electron chi connectivity index (χ2n) is 5.62. The van der Waals surface area contributed by atoms with Crippen molar-refractivity contribution in [1.29, 1.82) is 0 Å². The van der Waals surface area contributed by atoms with Gasteiger partial charge < -0.3 is 5.32 Å². The normalized spacial score (nSPS) is 11.8. The number of hydrogen-bond donors (Lipinski definition) is 1. The summed E-state index contributed by atoms with van der Waals surface area (Å²) in [5, 5.41) is 3.46. The number of aryl methyl sites for hydroxylation is 2. The summed E-state index contributed by atoms with van der Waals surface area (Å²) in [5.74, 6) is 0.984. The molecule has 0 radical (unpaired) electrons. The zero-order valence-corrected chi connectivity index (χ0v) is 11.8. The average molecular weight is 235 g/mol. The Kier molecular flexibility index (Phi) is 5.06. The summed E-state index contributed by atoms with van der Waals surface area (Å²) in [6, 6.07) is 2.06. The SMILES string of the molecule is CCCCc1nc(C)cc(CNC(C)(C)C)n1. The fourth-order valence-electron chi connectivity index (χ4n) is 1.59. The van der Waals surface area contributed by atoms with Crippen LogP contribution in [0.5, 0.6) is 0 Å². The van der Waals surface area contributed by atoms with Crippen LogP contribution in [-0.4, -0.2) is 15.5 Å². The van der Waals surface area contributed by atoms with E-state index in [2.05, 4.69) is 49.0 Å². The molecule has 0 amide bonds. The molecule has 0 bridgehead atoms. The molecule has 1 aromatic heterocycles. The quantitative estimate of drug-likeness (QED) is 0.852. The lowest BCUT2D eigenvalue weighted by molar-refractivity contribution is 0.420. The molecule has 0 atom stereocenters. The average Bonchev–Trinajstić information content (AvgIpc) is 2.22. The van der Waals surface area contributed by atoms with Gasteiger partial charge in [0.1, 0.15) is 5.82 Å². The van der Waals surface area contributed by atoms with Crippen LogP contribution in [0.4, 0.5) is 0 Å². The second kappa shape index (κ2) is 6.10. The van der Waals surface area contributed by atoms with Crippen molar-refractivity contribution in [3.8, 4) is 0 Å². The first kappa shape index (κ1) is 14.1. The molecule has 0 aliphatic carbocycles. The lowest BCUT2D eigenvalue weighted by Gasteiger charge is -2.20. The summed E-state index contributed by atoms with van der Waals surface area (Å²) in [4.78, 5) is 9.08. The molecule has 0 saturated heterocycles. The molecule has 0 saturated carbocycles. The molecule has 0 unspecified atom stereocenters. The van der Waals surface area contributed by atoms with Gasteiger partial charge in [-0.15, -0.1) is 0 Å². The maximum Gasteiger partial charge on any atom is 0.128 e. The van der Waals surface area contributed by atoms with Crippen molar-refractivity contribution in [1.82, 2.24) is 15.3 Å². The summed E-state index contributed by atoms with van der Waals surface area (Å²) in [6.45, 7) is 11.5. The topological polar surface area (TPSA) is 37.8 Å². The van der Waals surface area contributed by atoms with Gasteiger partial charge in [-0.05, 0) is 40.2 Å². The predicted molar refractivity (Wildman–Crippen MR) is 72.0 cm³/mol. The van der Waals surface area contributed by atoms with Gasteiger partial charge in [0.15, 0.2) is 0 Å². The molecule has 0 aliphatic heterocycles. The highest BCUT2D eigenvalue weighted by molar-refractivity contribution is 5.10. The van der Waals surface area contributed by atoms with E-state index in [4.69, 9.17) is 0 Å². The Morgan fingerprint density at radius 1 is 1.24 bits per heavy atom. The van der Waals surface area contributed by atoms with E-state index < -0.39 is 0 Å². The Morgan fingerprint density at radius 3 is 2.53 bits per heavy atom. The van der Waals surface area contributed by atoms with E-state index in [0.717, 1.165) is 36.6 Å². The van der Waals surface area contributed by atoms with Gasteiger partial charge in [0.25, 0.3) is 0 Å². The van der Waals surface area contributed by atoms with E-state index in [1.54, 1.807) is 0 Å². The number of hydrogen-bond acceptors (Lipinski definition) is 3. The number of rotatable bonds is 5. The highest BCUT2D eigenvalue weighted by atomic mass is 15.0. The molecule has 1 N–H and O–H groups in total. The van der Waals surface area contributed by atoms with Crippen LogP contribution < -0.4 is 5.32 Å². The van der Waals surface area contributed by atoms with E-state index in [0.29, 0.717) is 0 Å². The molecule has 3 nitrogen and oxygen atoms in total. The minimum absolute atomic E-state index is 0.127. The van der Waals surface area contributed by atoms with Gasteiger partial charge in [-0.1, -0.05) is 13.3 Å². The van der Waals surface area contributed by atoms with E-state index in [1.165, 1.54) is 6.42 Å². The number of aromatic nitrogens is 2. The highest BCUT2D eigenvalue weighted by Gasteiger charge is 2.09. The first-order valence-corrected chi connectivity index (χ1v) is 6.49. The zero-order chi connectivity index (χ0) is 12.9. The Hall–Kier alpha value is -0.960. The molecule has 0 fully saturated rings. The van der Waals surface area contributed by atoms with Crippen molar-refractivity contribution in [3.63, 3.8) is 0 Å². The van der Waals surface area contributed by atoms with Crippen LogP contribution in [0.2, 0.25) is 0 Å². The van der Waals surface area contributed by atoms with Gasteiger partial charge in [0.2, 0.25) is 0 Å². The lowest BCUT2D eigenvalue weighted by Crippen LogP contribution is -2.35.